The van der Waals surface area contributed by atoms with Crippen molar-refractivity contribution in [2.45, 2.75) is 0 Å². The molecule has 126 valence electrons. The first-order valence-electron chi connectivity index (χ1n) is 3.69. The van der Waals surface area contributed by atoms with Crippen LogP contribution in [0, 0.1) is 81.7 Å². The Labute approximate surface area is 213 Å². The van der Waals surface area contributed by atoms with Crippen LogP contribution in [0.5, 0.6) is 0 Å². The molecule has 15 nitrogen and oxygen atoms in total. The summed E-state index contributed by atoms with van der Waals surface area (Å²) in [4.78, 5) is 0. The summed E-state index contributed by atoms with van der Waals surface area (Å²) < 4.78 is 0. The minimum Gasteiger partial charge on any atom is -0.907 e. The molecule has 0 aromatic rings. The third-order valence-corrected chi connectivity index (χ3v) is 0. The van der Waals surface area contributed by atoms with E-state index in [1.807, 2.05) is 0 Å². The van der Waals surface area contributed by atoms with Crippen LogP contribution in [0.1, 0.15) is 0 Å². The zero-order valence-electron chi connectivity index (χ0n) is 10.8. The Kier molecular flexibility index (Phi) is 97.3. The second-order valence-electron chi connectivity index (χ2n) is 1.58. The number of hydrogen-bond donors (Lipinski definition) is 7. The van der Waals surface area contributed by atoms with Crippen LogP contribution in [-0.4, -0.2) is 94.8 Å². The van der Waals surface area contributed by atoms with Crippen LogP contribution in [0.2, 0.25) is 0 Å². The predicted octanol–water partition coefficient (Wildman–Crippen LogP) is -15.7. The van der Waals surface area contributed by atoms with Gasteiger partial charge in [-0.05, 0) is 0 Å². The van der Waals surface area contributed by atoms with Gasteiger partial charge < -0.3 is 75.4 Å². The van der Waals surface area contributed by atoms with Crippen molar-refractivity contribution in [2.24, 2.45) is 0 Å². The van der Waals surface area contributed by atoms with Crippen molar-refractivity contribution in [3.63, 3.8) is 0 Å². The maximum atomic E-state index is 8.53. The molecule has 0 atom stereocenters. The summed E-state index contributed by atoms with van der Waals surface area (Å²) in [6.07, 6.45) is 0. The monoisotopic (exact) mass is 624 g/mol. The molecule has 0 spiro atoms. The van der Waals surface area contributed by atoms with Crippen molar-refractivity contribution >= 4 is 59.7 Å². The van der Waals surface area contributed by atoms with Crippen LogP contribution >= 0.6 is 0 Å². The van der Waals surface area contributed by atoms with Gasteiger partial charge in [-0.15, -0.1) is 0 Å². The Bertz CT molecular complexity index is 92.4. The summed E-state index contributed by atoms with van der Waals surface area (Å²) in [7, 11) is -12.8. The molecule has 0 aromatic carbocycles. The topological polar surface area (TPSA) is 326 Å². The number of hydrogen-bond acceptors (Lipinski definition) is 15. The third kappa shape index (κ3) is 1330. The molecule has 7 N–H and O–H groups in total. The minimum atomic E-state index is -2.92. The summed E-state index contributed by atoms with van der Waals surface area (Å²) >= 11 is 0. The number of rotatable bonds is 0. The fourth-order valence-corrected chi connectivity index (χ4v) is 0. The van der Waals surface area contributed by atoms with Gasteiger partial charge in [0.2, 0.25) is 0 Å². The molecule has 0 aliphatic rings. The Morgan fingerprint density at radius 3 is 0.478 bits per heavy atom. The van der Waals surface area contributed by atoms with E-state index in [2.05, 4.69) is 0 Å². The van der Waals surface area contributed by atoms with Crippen LogP contribution in [0.15, 0.2) is 0 Å². The second kappa shape index (κ2) is 44.5. The van der Waals surface area contributed by atoms with Gasteiger partial charge in [-0.2, -0.15) is 0 Å². The maximum Gasteiger partial charge on any atom is 3.00 e. The van der Waals surface area contributed by atoms with Crippen LogP contribution < -0.4 is 40.2 Å². The van der Waals surface area contributed by atoms with Crippen molar-refractivity contribution < 1.29 is 157 Å². The van der Waals surface area contributed by atoms with E-state index in [4.69, 9.17) is 75.4 Å². The van der Waals surface area contributed by atoms with Gasteiger partial charge in [-0.3, -0.25) is 14.6 Å². The van der Waals surface area contributed by atoms with E-state index in [-0.39, 0.29) is 105 Å². The van der Waals surface area contributed by atoms with Gasteiger partial charge >= 0.3 is 119 Å². The van der Waals surface area contributed by atoms with Crippen molar-refractivity contribution in [3.05, 3.63) is 0 Å². The average molecular weight is 623 g/mol. The van der Waals surface area contributed by atoms with Crippen LogP contribution in [-0.2, 0) is 0 Å². The van der Waals surface area contributed by atoms with Crippen molar-refractivity contribution in [1.82, 2.24) is 0 Å². The van der Waals surface area contributed by atoms with Crippen molar-refractivity contribution in [3.8, 4) is 0 Å². The Balaban J connectivity index is -0.0000000197. The van der Waals surface area contributed by atoms with Crippen LogP contribution in [0.4, 0.5) is 0 Å². The Morgan fingerprint density at radius 2 is 0.478 bits per heavy atom. The fraction of sp³-hybridized carbons (Fsp3) is 0. The third-order valence-electron chi connectivity index (χ3n) is 0. The maximum absolute atomic E-state index is 8.53. The SMILES string of the molecule is OB(O)O.OB(O)O.[Ce+3].[Gd+3].[Mg+2].[O-]B([O-])O.[O-]B([O-])[O-].[O-]B([O-])[O-]. The molecule has 0 saturated heterocycles. The van der Waals surface area contributed by atoms with E-state index >= 15 is 0 Å². The van der Waals surface area contributed by atoms with Gasteiger partial charge in [0, 0.05) is 0 Å². The molecule has 0 unspecified atom stereocenters. The molecular formula is H7B5CeGdMgO15. The normalized spacial score (nSPS) is 5.87. The van der Waals surface area contributed by atoms with Gasteiger partial charge in [0.25, 0.3) is 0 Å². The van der Waals surface area contributed by atoms with Gasteiger partial charge in [0.15, 0.2) is 0 Å². The second-order valence-corrected chi connectivity index (χ2v) is 1.58. The Morgan fingerprint density at radius 1 is 0.478 bits per heavy atom. The molecule has 0 fully saturated rings. The Hall–Kier alpha value is 3.19. The molecule has 2 radical (unpaired) electrons. The van der Waals surface area contributed by atoms with E-state index in [1.54, 1.807) is 0 Å². The summed E-state index contributed by atoms with van der Waals surface area (Å²) in [6.45, 7) is 0. The van der Waals surface area contributed by atoms with Gasteiger partial charge in [0.05, 0.1) is 7.32 Å². The first-order valence-corrected chi connectivity index (χ1v) is 3.69. The first kappa shape index (κ1) is 50.2. The molecule has 0 aromatic heterocycles. The zero-order chi connectivity index (χ0) is 17.9. The van der Waals surface area contributed by atoms with Crippen LogP contribution in [0.25, 0.3) is 0 Å². The van der Waals surface area contributed by atoms with Crippen LogP contribution in [0.3, 0.4) is 0 Å². The molecular weight excluding hydrogens is 616 g/mol. The molecule has 0 amide bonds. The summed E-state index contributed by atoms with van der Waals surface area (Å²) in [5.74, 6) is 0. The van der Waals surface area contributed by atoms with E-state index < -0.39 is 36.6 Å². The molecule has 0 aliphatic heterocycles. The standard InChI is InChI=1S/2BH3O3.BHO3.2BO3.Ce.Gd.Mg/c5*2-1(3)4;;;/h2*2-4H;2H;;;;;/q;;-2;2*-3;2*+3;+2. The minimum absolute atomic E-state index is 0. The summed E-state index contributed by atoms with van der Waals surface area (Å²) in [5, 5.41) is 118. The average Bonchev–Trinajstić information content (AvgIpc) is 1.94. The molecule has 0 aliphatic carbocycles. The van der Waals surface area contributed by atoms with E-state index in [0.717, 1.165) is 0 Å². The fourth-order valence-electron chi connectivity index (χ4n) is 0. The van der Waals surface area contributed by atoms with Crippen molar-refractivity contribution in [1.29, 1.82) is 0 Å². The summed E-state index contributed by atoms with van der Waals surface area (Å²) in [5.41, 5.74) is 0. The van der Waals surface area contributed by atoms with Gasteiger partial charge in [0.1, 0.15) is 0 Å². The summed E-state index contributed by atoms with van der Waals surface area (Å²) in [6, 6.07) is 0. The predicted molar refractivity (Wildman–Crippen MR) is 50.1 cm³/mol. The largest absolute Gasteiger partial charge is 3.00 e. The molecule has 0 bridgehead atoms. The quantitative estimate of drug-likeness (QED) is 0.123. The van der Waals surface area contributed by atoms with Gasteiger partial charge in [-0.1, -0.05) is 0 Å². The van der Waals surface area contributed by atoms with E-state index in [9.17, 15) is 0 Å². The molecule has 23 heavy (non-hydrogen) atoms. The smallest absolute Gasteiger partial charge is 0.907 e. The van der Waals surface area contributed by atoms with E-state index in [1.165, 1.54) is 0 Å². The molecule has 23 heteroatoms. The van der Waals surface area contributed by atoms with Crippen molar-refractivity contribution in [2.75, 3.05) is 0 Å². The molecule has 0 heterocycles. The molecule has 0 saturated carbocycles. The molecule has 0 rings (SSSR count). The zero-order valence-corrected chi connectivity index (χ0v) is 17.7. The first-order chi connectivity index (χ1) is 8.66. The van der Waals surface area contributed by atoms with Gasteiger partial charge in [-0.25, -0.2) is 0 Å². The van der Waals surface area contributed by atoms with E-state index in [0.29, 0.717) is 0 Å².